The minimum absolute atomic E-state index is 0.163. The molecule has 25 heavy (non-hydrogen) atoms. The van der Waals surface area contributed by atoms with Crippen molar-refractivity contribution in [3.63, 3.8) is 0 Å². The summed E-state index contributed by atoms with van der Waals surface area (Å²) in [5.74, 6) is 0. The van der Waals surface area contributed by atoms with Gasteiger partial charge in [-0.25, -0.2) is 13.8 Å². The van der Waals surface area contributed by atoms with Gasteiger partial charge in [-0.1, -0.05) is 11.6 Å². The zero-order chi connectivity index (χ0) is 18.6. The van der Waals surface area contributed by atoms with Crippen LogP contribution in [0.25, 0.3) is 0 Å². The van der Waals surface area contributed by atoms with E-state index in [0.717, 1.165) is 10.8 Å². The Bertz CT molecular complexity index is 838. The number of aromatic nitrogens is 2. The average molecular weight is 399 g/mol. The van der Waals surface area contributed by atoms with Crippen LogP contribution in [0.3, 0.4) is 0 Å². The number of alkyl halides is 2. The molecule has 3 heterocycles. The molecule has 3 rings (SSSR count). The molecule has 0 aromatic carbocycles. The maximum atomic E-state index is 15.2. The number of phosphoric acid groups is 1. The summed E-state index contributed by atoms with van der Waals surface area (Å²) in [6, 6.07) is 0. The Balaban J connectivity index is 1.94. The normalized spacial score (nSPS) is 38.1. The summed E-state index contributed by atoms with van der Waals surface area (Å²) >= 11 is 5.97. The largest absolute Gasteiger partial charge is 0.475 e. The maximum Gasteiger partial charge on any atom is 0.475 e. The highest BCUT2D eigenvalue weighted by molar-refractivity contribution is 7.48. The number of aromatic amines is 1. The van der Waals surface area contributed by atoms with E-state index in [1.165, 1.54) is 6.92 Å². The fourth-order valence-corrected chi connectivity index (χ4v) is 4.63. The van der Waals surface area contributed by atoms with Crippen molar-refractivity contribution in [2.75, 3.05) is 6.61 Å². The molecule has 0 spiro atoms. The highest BCUT2D eigenvalue weighted by atomic mass is 35.5. The number of halogens is 2. The number of phosphoric ester groups is 1. The van der Waals surface area contributed by atoms with Gasteiger partial charge in [0.15, 0.2) is 12.3 Å². The van der Waals surface area contributed by atoms with E-state index < -0.39 is 48.7 Å². The zero-order valence-electron chi connectivity index (χ0n) is 13.6. The highest BCUT2D eigenvalue weighted by Crippen LogP contribution is 2.60. The SMILES string of the molecule is Cc1cn([C@@H]2O[C@@H]3CO[P@@](=O)(OC(C)C)O[C@H]3[C@@]2(F)Cl)c(=O)[nH]c1=O. The molecule has 0 amide bonds. The molecule has 2 saturated heterocycles. The van der Waals surface area contributed by atoms with Crippen LogP contribution < -0.4 is 11.2 Å². The van der Waals surface area contributed by atoms with Gasteiger partial charge in [0.05, 0.1) is 12.7 Å². The van der Waals surface area contributed by atoms with Gasteiger partial charge in [-0.05, 0) is 20.8 Å². The molecular weight excluding hydrogens is 382 g/mol. The second kappa shape index (κ2) is 6.29. The average Bonchev–Trinajstić information content (AvgIpc) is 2.73. The maximum absolute atomic E-state index is 15.2. The molecule has 0 bridgehead atoms. The van der Waals surface area contributed by atoms with Crippen molar-refractivity contribution in [2.45, 2.75) is 50.4 Å². The van der Waals surface area contributed by atoms with Crippen molar-refractivity contribution >= 4 is 19.4 Å². The first-order valence-electron chi connectivity index (χ1n) is 7.50. The number of aryl methyl sites for hydroxylation is 1. The lowest BCUT2D eigenvalue weighted by Crippen LogP contribution is -2.45. The lowest BCUT2D eigenvalue weighted by molar-refractivity contribution is -0.0749. The number of ether oxygens (including phenoxy) is 1. The number of H-pyrrole nitrogens is 1. The van der Waals surface area contributed by atoms with Gasteiger partial charge in [0.1, 0.15) is 6.10 Å². The Morgan fingerprint density at radius 2 is 2.20 bits per heavy atom. The van der Waals surface area contributed by atoms with E-state index in [1.54, 1.807) is 13.8 Å². The van der Waals surface area contributed by atoms with Crippen molar-refractivity contribution in [1.82, 2.24) is 9.55 Å². The van der Waals surface area contributed by atoms with Gasteiger partial charge in [-0.3, -0.25) is 27.9 Å². The van der Waals surface area contributed by atoms with Crippen molar-refractivity contribution in [3.8, 4) is 0 Å². The van der Waals surface area contributed by atoms with Crippen LogP contribution in [0, 0.1) is 6.92 Å². The predicted molar refractivity (Wildman–Crippen MR) is 84.3 cm³/mol. The lowest BCUT2D eigenvalue weighted by atomic mass is 10.1. The Kier molecular flexibility index (Phi) is 4.72. The fraction of sp³-hybridized carbons (Fsp3) is 0.692. The van der Waals surface area contributed by atoms with Crippen LogP contribution >= 0.6 is 19.4 Å². The second-order valence-electron chi connectivity index (χ2n) is 6.10. The van der Waals surface area contributed by atoms with Gasteiger partial charge in [0.25, 0.3) is 10.7 Å². The molecular formula is C13H17ClFN2O7P. The summed E-state index contributed by atoms with van der Waals surface area (Å²) in [5.41, 5.74) is -1.34. The molecule has 1 aromatic rings. The number of rotatable bonds is 3. The molecule has 1 aromatic heterocycles. The molecule has 0 radical (unpaired) electrons. The van der Waals surface area contributed by atoms with Gasteiger partial charge in [0.2, 0.25) is 0 Å². The summed E-state index contributed by atoms with van der Waals surface area (Å²) in [4.78, 5) is 25.5. The van der Waals surface area contributed by atoms with Crippen molar-refractivity contribution in [3.05, 3.63) is 32.6 Å². The van der Waals surface area contributed by atoms with Crippen LogP contribution in [0.4, 0.5) is 4.39 Å². The molecule has 5 atom stereocenters. The molecule has 1 N–H and O–H groups in total. The third-order valence-corrected chi connectivity index (χ3v) is 5.76. The summed E-state index contributed by atoms with van der Waals surface area (Å²) in [5, 5.41) is -2.74. The first-order chi connectivity index (χ1) is 11.5. The zero-order valence-corrected chi connectivity index (χ0v) is 15.3. The van der Waals surface area contributed by atoms with E-state index in [0.29, 0.717) is 0 Å². The molecule has 140 valence electrons. The van der Waals surface area contributed by atoms with E-state index in [2.05, 4.69) is 0 Å². The Hall–Kier alpha value is -1.03. The highest BCUT2D eigenvalue weighted by Gasteiger charge is 2.63. The smallest absolute Gasteiger partial charge is 0.344 e. The van der Waals surface area contributed by atoms with Gasteiger partial charge in [-0.15, -0.1) is 0 Å². The Labute approximate surface area is 146 Å². The summed E-state index contributed by atoms with van der Waals surface area (Å²) < 4.78 is 49.2. The van der Waals surface area contributed by atoms with Crippen molar-refractivity contribution < 1.29 is 27.3 Å². The summed E-state index contributed by atoms with van der Waals surface area (Å²) in [6.45, 7) is 4.37. The number of nitrogens with zero attached hydrogens (tertiary/aromatic N) is 1. The predicted octanol–water partition coefficient (Wildman–Crippen LogP) is 1.60. The first kappa shape index (κ1) is 18.8. The molecule has 0 unspecified atom stereocenters. The van der Waals surface area contributed by atoms with Crippen LogP contribution in [-0.4, -0.2) is 39.6 Å². The minimum Gasteiger partial charge on any atom is -0.344 e. The molecule has 0 aliphatic carbocycles. The molecule has 0 saturated carbocycles. The van der Waals surface area contributed by atoms with Crippen molar-refractivity contribution in [1.29, 1.82) is 0 Å². The number of hydrogen-bond acceptors (Lipinski definition) is 7. The third-order valence-electron chi connectivity index (χ3n) is 3.73. The summed E-state index contributed by atoms with van der Waals surface area (Å²) in [6.07, 6.45) is -3.47. The van der Waals surface area contributed by atoms with E-state index in [1.807, 2.05) is 4.98 Å². The second-order valence-corrected chi connectivity index (χ2v) is 8.26. The van der Waals surface area contributed by atoms with Gasteiger partial charge in [0, 0.05) is 11.8 Å². The molecule has 2 aliphatic rings. The van der Waals surface area contributed by atoms with Gasteiger partial charge in [-0.2, -0.15) is 0 Å². The van der Waals surface area contributed by atoms with Gasteiger partial charge >= 0.3 is 13.5 Å². The van der Waals surface area contributed by atoms with Crippen LogP contribution in [0.1, 0.15) is 25.6 Å². The monoisotopic (exact) mass is 398 g/mol. The number of hydrogen-bond donors (Lipinski definition) is 1. The third kappa shape index (κ3) is 3.34. The lowest BCUT2D eigenvalue weighted by Gasteiger charge is -2.33. The van der Waals surface area contributed by atoms with Crippen molar-refractivity contribution in [2.24, 2.45) is 0 Å². The van der Waals surface area contributed by atoms with E-state index in [4.69, 9.17) is 29.9 Å². The molecule has 2 aliphatic heterocycles. The molecule has 12 heteroatoms. The van der Waals surface area contributed by atoms with E-state index in [-0.39, 0.29) is 12.2 Å². The van der Waals surface area contributed by atoms with E-state index >= 15 is 4.39 Å². The summed E-state index contributed by atoms with van der Waals surface area (Å²) in [7, 11) is -4.02. The van der Waals surface area contributed by atoms with Crippen LogP contribution in [0.5, 0.6) is 0 Å². The number of nitrogens with one attached hydrogen (secondary N) is 1. The quantitative estimate of drug-likeness (QED) is 0.608. The van der Waals surface area contributed by atoms with E-state index in [9.17, 15) is 14.2 Å². The molecule has 9 nitrogen and oxygen atoms in total. The van der Waals surface area contributed by atoms with Gasteiger partial charge < -0.3 is 4.74 Å². The van der Waals surface area contributed by atoms with Crippen LogP contribution in [0.2, 0.25) is 0 Å². The Morgan fingerprint density at radius 1 is 1.52 bits per heavy atom. The fourth-order valence-electron chi connectivity index (χ4n) is 2.64. The first-order valence-corrected chi connectivity index (χ1v) is 9.34. The van der Waals surface area contributed by atoms with Crippen LogP contribution in [0.15, 0.2) is 15.8 Å². The number of fused-ring (bicyclic) bond motifs is 1. The minimum atomic E-state index is -4.02. The molecule has 2 fully saturated rings. The topological polar surface area (TPSA) is 109 Å². The standard InChI is InChI=1S/C13H17ClFN2O7P/c1-6(2)23-25(20)21-5-8-9(24-25)13(14,15)11(22-8)17-4-7(3)10(18)16-12(17)19/h4,6,8-9,11H,5H2,1-3H3,(H,16,18,19)/t8-,9-,11-,13+,25+/m1/s1. The van der Waals surface area contributed by atoms with Crippen LogP contribution in [-0.2, 0) is 22.9 Å². The Morgan fingerprint density at radius 3 is 2.84 bits per heavy atom.